The zero-order valence-electron chi connectivity index (χ0n) is 25.9. The van der Waals surface area contributed by atoms with Crippen molar-refractivity contribution >= 4 is 56.6 Å². The van der Waals surface area contributed by atoms with E-state index in [2.05, 4.69) is 22.5 Å². The van der Waals surface area contributed by atoms with Gasteiger partial charge in [-0.05, 0) is 42.5 Å². The monoisotopic (exact) mass is 694 g/mol. The molecule has 3 fully saturated rings. The highest BCUT2D eigenvalue weighted by Gasteiger charge is 2.49. The molecule has 0 spiro atoms. The molecule has 3 saturated heterocycles. The largest absolute Gasteiger partial charge is 0.461 e. The average Bonchev–Trinajstić information content (AvgIpc) is 3.59. The van der Waals surface area contributed by atoms with Gasteiger partial charge in [0.1, 0.15) is 24.1 Å². The molecule has 0 unspecified atom stereocenters. The van der Waals surface area contributed by atoms with Gasteiger partial charge >= 0.3 is 6.01 Å². The van der Waals surface area contributed by atoms with Crippen LogP contribution in [-0.4, -0.2) is 82.8 Å². The van der Waals surface area contributed by atoms with Crippen molar-refractivity contribution in [2.45, 2.75) is 43.4 Å². The van der Waals surface area contributed by atoms with E-state index in [1.807, 2.05) is 18.2 Å². The van der Waals surface area contributed by atoms with E-state index in [1.54, 1.807) is 29.2 Å². The summed E-state index contributed by atoms with van der Waals surface area (Å²) in [7, 11) is 0. The number of carbonyl (C=O) groups excluding carboxylic acids is 1. The maximum atomic E-state index is 17.0. The molecule has 1 amide bonds. The molecule has 7 rings (SSSR count). The van der Waals surface area contributed by atoms with Crippen molar-refractivity contribution in [2.75, 3.05) is 44.2 Å². The number of piperazine rings is 1. The molecule has 3 atom stereocenters. The molecular weight excluding hydrogens is 664 g/mol. The fourth-order valence-corrected chi connectivity index (χ4v) is 8.19. The van der Waals surface area contributed by atoms with Gasteiger partial charge in [0.05, 0.1) is 29.1 Å². The van der Waals surface area contributed by atoms with E-state index in [1.165, 1.54) is 4.90 Å². The zero-order chi connectivity index (χ0) is 33.7. The number of nitrogens with zero attached hydrogens (tertiary/aromatic N) is 6. The number of ether oxygens (including phenoxy) is 1. The predicted molar refractivity (Wildman–Crippen MR) is 179 cm³/mol. The van der Waals surface area contributed by atoms with E-state index in [0.29, 0.717) is 28.9 Å². The highest BCUT2D eigenvalue weighted by Crippen LogP contribution is 2.44. The smallest absolute Gasteiger partial charge is 0.319 e. The summed E-state index contributed by atoms with van der Waals surface area (Å²) >= 11 is 13.5. The highest BCUT2D eigenvalue weighted by atomic mass is 35.5. The van der Waals surface area contributed by atoms with Gasteiger partial charge in [-0.3, -0.25) is 9.69 Å². The van der Waals surface area contributed by atoms with E-state index in [0.717, 1.165) is 24.8 Å². The Labute approximate surface area is 285 Å². The van der Waals surface area contributed by atoms with Crippen LogP contribution in [0, 0.1) is 17.1 Å². The Morgan fingerprint density at radius 2 is 1.92 bits per heavy atom. The number of aromatic nitrogens is 2. The molecule has 48 heavy (non-hydrogen) atoms. The van der Waals surface area contributed by atoms with Crippen molar-refractivity contribution < 1.29 is 22.7 Å². The van der Waals surface area contributed by atoms with E-state index < -0.39 is 35.3 Å². The number of benzene rings is 3. The Morgan fingerprint density at radius 1 is 1.12 bits per heavy atom. The molecule has 1 aromatic heterocycles. The minimum absolute atomic E-state index is 0.0542. The topological polar surface area (TPSA) is 85.6 Å². The minimum Gasteiger partial charge on any atom is -0.461 e. The van der Waals surface area contributed by atoms with E-state index in [9.17, 15) is 18.8 Å². The first-order valence-electron chi connectivity index (χ1n) is 15.8. The van der Waals surface area contributed by atoms with Crippen molar-refractivity contribution in [3.05, 3.63) is 70.7 Å². The maximum absolute atomic E-state index is 17.0. The fraction of sp³-hybridized carbons (Fsp3) is 0.371. The highest BCUT2D eigenvalue weighted by molar-refractivity contribution is 6.38. The Morgan fingerprint density at radius 3 is 2.69 bits per heavy atom. The number of hydrogen-bond donors (Lipinski definition) is 0. The summed E-state index contributed by atoms with van der Waals surface area (Å²) in [4.78, 5) is 27.0. The van der Waals surface area contributed by atoms with Gasteiger partial charge < -0.3 is 14.5 Å². The van der Waals surface area contributed by atoms with E-state index in [4.69, 9.17) is 32.9 Å². The lowest BCUT2D eigenvalue weighted by atomic mass is 9.95. The number of nitriles is 1. The van der Waals surface area contributed by atoms with Crippen molar-refractivity contribution in [3.8, 4) is 23.2 Å². The number of halogens is 5. The molecule has 0 radical (unpaired) electrons. The first-order chi connectivity index (χ1) is 23.1. The van der Waals surface area contributed by atoms with Gasteiger partial charge in [-0.1, -0.05) is 60.1 Å². The summed E-state index contributed by atoms with van der Waals surface area (Å²) in [6, 6.07) is 13.7. The summed E-state index contributed by atoms with van der Waals surface area (Å²) in [5.74, 6) is -2.43. The molecule has 0 aliphatic carbocycles. The molecule has 0 saturated carbocycles. The van der Waals surface area contributed by atoms with E-state index >= 15 is 4.39 Å². The lowest BCUT2D eigenvalue weighted by Crippen LogP contribution is -2.55. The molecule has 3 aliphatic heterocycles. The van der Waals surface area contributed by atoms with Crippen LogP contribution in [0.4, 0.5) is 19.0 Å². The van der Waals surface area contributed by atoms with Gasteiger partial charge in [0.2, 0.25) is 0 Å². The van der Waals surface area contributed by atoms with Gasteiger partial charge in [-0.25, -0.2) is 13.2 Å². The van der Waals surface area contributed by atoms with Crippen LogP contribution in [0.15, 0.2) is 54.9 Å². The molecule has 4 aromatic rings. The van der Waals surface area contributed by atoms with Crippen LogP contribution in [0.1, 0.15) is 25.7 Å². The van der Waals surface area contributed by atoms with Crippen molar-refractivity contribution in [3.63, 3.8) is 0 Å². The predicted octanol–water partition coefficient (Wildman–Crippen LogP) is 7.27. The van der Waals surface area contributed by atoms with Crippen LogP contribution in [0.2, 0.25) is 10.0 Å². The van der Waals surface area contributed by atoms with Crippen LogP contribution in [-0.2, 0) is 4.79 Å². The number of carbonyl (C=O) groups is 1. The zero-order valence-corrected chi connectivity index (χ0v) is 27.4. The van der Waals surface area contributed by atoms with Gasteiger partial charge in [0, 0.05) is 54.0 Å². The first-order valence-corrected chi connectivity index (χ1v) is 16.5. The third kappa shape index (κ3) is 5.59. The Bertz CT molecular complexity index is 2000. The Kier molecular flexibility index (Phi) is 8.60. The number of alkyl halides is 1. The molecule has 4 heterocycles. The second-order valence-electron chi connectivity index (χ2n) is 12.6. The van der Waals surface area contributed by atoms with Crippen LogP contribution in [0.3, 0.4) is 0 Å². The molecule has 13 heteroatoms. The van der Waals surface area contributed by atoms with E-state index in [-0.39, 0.29) is 66.0 Å². The number of rotatable bonds is 7. The third-order valence-electron chi connectivity index (χ3n) is 9.80. The molecule has 248 valence electrons. The Hall–Kier alpha value is -4.11. The van der Waals surface area contributed by atoms with Gasteiger partial charge in [0.15, 0.2) is 11.6 Å². The fourth-order valence-electron chi connectivity index (χ4n) is 7.61. The summed E-state index contributed by atoms with van der Waals surface area (Å²) in [6.07, 6.45) is 0.961. The number of fused-ring (bicyclic) bond motifs is 3. The van der Waals surface area contributed by atoms with Crippen molar-refractivity contribution in [1.29, 1.82) is 5.26 Å². The SMILES string of the molecule is C=C(F)C(=O)N1CCN(c2nc(OC[C@@]34CCCN3C[C@H](F)C4)nc3c(F)c(-c4cccc5cccc(Cl)c45)c(Cl)cc23)C[C@@H]1CC#N. The number of hydrogen-bond acceptors (Lipinski definition) is 7. The third-order valence-corrected chi connectivity index (χ3v) is 10.4. The molecule has 0 N–H and O–H groups in total. The van der Waals surface area contributed by atoms with Gasteiger partial charge in [0.25, 0.3) is 5.91 Å². The summed E-state index contributed by atoms with van der Waals surface area (Å²) in [5, 5.41) is 11.8. The lowest BCUT2D eigenvalue weighted by molar-refractivity contribution is -0.131. The van der Waals surface area contributed by atoms with Gasteiger partial charge in [-0.15, -0.1) is 0 Å². The normalized spacial score (nSPS) is 22.7. The summed E-state index contributed by atoms with van der Waals surface area (Å²) < 4.78 is 51.6. The van der Waals surface area contributed by atoms with Crippen molar-refractivity contribution in [1.82, 2.24) is 19.8 Å². The second-order valence-corrected chi connectivity index (χ2v) is 13.5. The van der Waals surface area contributed by atoms with Crippen LogP contribution in [0.5, 0.6) is 6.01 Å². The lowest BCUT2D eigenvalue weighted by Gasteiger charge is -2.41. The minimum atomic E-state index is -1.12. The Balaban J connectivity index is 1.35. The van der Waals surface area contributed by atoms with Gasteiger partial charge in [-0.2, -0.15) is 15.2 Å². The van der Waals surface area contributed by atoms with Crippen molar-refractivity contribution in [2.24, 2.45) is 0 Å². The first kappa shape index (κ1) is 32.4. The maximum Gasteiger partial charge on any atom is 0.319 e. The quantitative estimate of drug-likeness (QED) is 0.188. The van der Waals surface area contributed by atoms with Crippen LogP contribution >= 0.6 is 23.2 Å². The number of anilines is 1. The average molecular weight is 696 g/mol. The molecular formula is C35H31Cl2F3N6O2. The second kappa shape index (κ2) is 12.7. The van der Waals surface area contributed by atoms with Crippen LogP contribution in [0.25, 0.3) is 32.8 Å². The number of amides is 1. The summed E-state index contributed by atoms with van der Waals surface area (Å²) in [5.41, 5.74) is 0.0361. The molecule has 3 aromatic carbocycles. The standard InChI is InChI=1S/C35H31Cl2F3N6O2/c1-20(38)33(47)46-14-13-44(18-23(46)9-11-41)32-25-15-27(37)29(24-7-2-5-21-6-3-8-26(36)28(21)24)30(40)31(25)42-34(43-32)48-19-35-10-4-12-45(35)17-22(39)16-35/h2-3,5-8,15,22-23H,1,4,9-10,12-14,16-19H2/t22-,23+,35+/m1/s1. The molecule has 3 aliphatic rings. The molecule has 0 bridgehead atoms. The molecule has 8 nitrogen and oxygen atoms in total. The summed E-state index contributed by atoms with van der Waals surface area (Å²) in [6.45, 7) is 4.71. The van der Waals surface area contributed by atoms with Crippen LogP contribution < -0.4 is 9.64 Å².